The molecule has 142 valence electrons. The lowest BCUT2D eigenvalue weighted by Gasteiger charge is -2.11. The molecule has 4 heteroatoms. The van der Waals surface area contributed by atoms with Gasteiger partial charge >= 0.3 is 0 Å². The van der Waals surface area contributed by atoms with Gasteiger partial charge in [0.1, 0.15) is 11.5 Å². The van der Waals surface area contributed by atoms with E-state index in [4.69, 9.17) is 21.1 Å². The van der Waals surface area contributed by atoms with Gasteiger partial charge in [-0.25, -0.2) is 4.99 Å². The van der Waals surface area contributed by atoms with Crippen LogP contribution in [0.2, 0.25) is 5.02 Å². The standard InChI is InChI=1S/C24H22ClNO2/c1-17-8-12-20(13-9-17)26-24(28-23-7-5-4-6-22(23)25)19(3)16-27-21-14-10-18(2)11-15-21/h4-16H,1-3H3/b19-16+,26-24-. The molecule has 0 bridgehead atoms. The zero-order valence-corrected chi connectivity index (χ0v) is 16.9. The highest BCUT2D eigenvalue weighted by molar-refractivity contribution is 6.32. The fourth-order valence-electron chi connectivity index (χ4n) is 2.38. The van der Waals surface area contributed by atoms with Crippen LogP contribution in [-0.4, -0.2) is 5.90 Å². The van der Waals surface area contributed by atoms with Gasteiger partial charge in [0.15, 0.2) is 0 Å². The second-order valence-corrected chi connectivity index (χ2v) is 6.92. The number of halogens is 1. The number of aryl methyl sites for hydroxylation is 2. The summed E-state index contributed by atoms with van der Waals surface area (Å²) in [4.78, 5) is 4.65. The molecule has 0 atom stereocenters. The lowest BCUT2D eigenvalue weighted by molar-refractivity contribution is 0.473. The number of hydrogen-bond donors (Lipinski definition) is 0. The Hall–Kier alpha value is -3.04. The maximum Gasteiger partial charge on any atom is 0.225 e. The van der Waals surface area contributed by atoms with Crippen LogP contribution in [0.3, 0.4) is 0 Å². The van der Waals surface area contributed by atoms with Crippen LogP contribution in [0.25, 0.3) is 0 Å². The maximum absolute atomic E-state index is 6.25. The first kappa shape index (κ1) is 19.7. The van der Waals surface area contributed by atoms with Gasteiger partial charge in [-0.15, -0.1) is 0 Å². The number of hydrogen-bond acceptors (Lipinski definition) is 3. The van der Waals surface area contributed by atoms with Gasteiger partial charge in [-0.05, 0) is 57.2 Å². The molecule has 0 aliphatic heterocycles. The number of ether oxygens (including phenoxy) is 2. The third-order valence-electron chi connectivity index (χ3n) is 4.04. The minimum absolute atomic E-state index is 0.420. The zero-order valence-electron chi connectivity index (χ0n) is 16.1. The van der Waals surface area contributed by atoms with E-state index in [1.54, 1.807) is 18.4 Å². The highest BCUT2D eigenvalue weighted by Gasteiger charge is 2.10. The van der Waals surface area contributed by atoms with E-state index in [1.807, 2.05) is 81.4 Å². The lowest BCUT2D eigenvalue weighted by Crippen LogP contribution is -2.11. The van der Waals surface area contributed by atoms with Crippen molar-refractivity contribution in [1.29, 1.82) is 0 Å². The van der Waals surface area contributed by atoms with E-state index < -0.39 is 0 Å². The van der Waals surface area contributed by atoms with Crippen LogP contribution in [0.5, 0.6) is 11.5 Å². The summed E-state index contributed by atoms with van der Waals surface area (Å²) in [5.74, 6) is 1.71. The van der Waals surface area contributed by atoms with Crippen molar-refractivity contribution in [1.82, 2.24) is 0 Å². The summed E-state index contributed by atoms with van der Waals surface area (Å²) in [6.07, 6.45) is 1.63. The summed E-state index contributed by atoms with van der Waals surface area (Å²) in [5, 5.41) is 0.520. The molecule has 0 heterocycles. The second-order valence-electron chi connectivity index (χ2n) is 6.52. The Labute approximate surface area is 170 Å². The minimum atomic E-state index is 0.420. The molecule has 3 aromatic carbocycles. The molecule has 0 radical (unpaired) electrons. The van der Waals surface area contributed by atoms with Crippen molar-refractivity contribution in [2.75, 3.05) is 0 Å². The Kier molecular flexibility index (Phi) is 6.51. The molecule has 0 N–H and O–H groups in total. The van der Waals surface area contributed by atoms with Crippen LogP contribution in [0.1, 0.15) is 18.1 Å². The monoisotopic (exact) mass is 391 g/mol. The average molecular weight is 392 g/mol. The maximum atomic E-state index is 6.25. The summed E-state index contributed by atoms with van der Waals surface area (Å²) in [7, 11) is 0. The Balaban J connectivity index is 1.90. The van der Waals surface area contributed by atoms with E-state index in [-0.39, 0.29) is 0 Å². The van der Waals surface area contributed by atoms with Crippen molar-refractivity contribution in [3.63, 3.8) is 0 Å². The second kappa shape index (κ2) is 9.25. The Morgan fingerprint density at radius 2 is 1.46 bits per heavy atom. The number of rotatable bonds is 5. The van der Waals surface area contributed by atoms with Gasteiger partial charge in [-0.2, -0.15) is 0 Å². The molecule has 0 aliphatic carbocycles. The predicted octanol–water partition coefficient (Wildman–Crippen LogP) is 7.05. The Bertz CT molecular complexity index is 990. The summed E-state index contributed by atoms with van der Waals surface area (Å²) < 4.78 is 11.8. The van der Waals surface area contributed by atoms with Gasteiger partial charge in [0, 0.05) is 5.57 Å². The van der Waals surface area contributed by atoms with Crippen LogP contribution >= 0.6 is 11.6 Å². The van der Waals surface area contributed by atoms with Gasteiger partial charge in [-0.3, -0.25) is 0 Å². The van der Waals surface area contributed by atoms with Crippen LogP contribution in [-0.2, 0) is 0 Å². The van der Waals surface area contributed by atoms with Crippen LogP contribution in [0.4, 0.5) is 5.69 Å². The molecule has 3 aromatic rings. The Morgan fingerprint density at radius 1 is 0.857 bits per heavy atom. The van der Waals surface area contributed by atoms with Gasteiger partial charge < -0.3 is 9.47 Å². The number of nitrogens with zero attached hydrogens (tertiary/aromatic N) is 1. The van der Waals surface area contributed by atoms with E-state index in [0.29, 0.717) is 16.7 Å². The average Bonchev–Trinajstić information content (AvgIpc) is 2.70. The zero-order chi connectivity index (χ0) is 19.9. The first-order chi connectivity index (χ1) is 13.5. The topological polar surface area (TPSA) is 30.8 Å². The number of benzene rings is 3. The highest BCUT2D eigenvalue weighted by atomic mass is 35.5. The number of aliphatic imine (C=N–C) groups is 1. The van der Waals surface area contributed by atoms with E-state index in [9.17, 15) is 0 Å². The van der Waals surface area contributed by atoms with Crippen molar-refractivity contribution in [3.05, 3.63) is 101 Å². The quantitative estimate of drug-likeness (QED) is 0.265. The van der Waals surface area contributed by atoms with Crippen molar-refractivity contribution in [2.24, 2.45) is 4.99 Å². The molecule has 0 spiro atoms. The molecule has 0 amide bonds. The van der Waals surface area contributed by atoms with E-state index in [2.05, 4.69) is 4.99 Å². The van der Waals surface area contributed by atoms with Gasteiger partial charge in [0.25, 0.3) is 0 Å². The van der Waals surface area contributed by atoms with E-state index >= 15 is 0 Å². The normalized spacial score (nSPS) is 12.0. The molecule has 0 saturated carbocycles. The van der Waals surface area contributed by atoms with E-state index in [0.717, 1.165) is 17.0 Å². The van der Waals surface area contributed by atoms with Gasteiger partial charge in [0.05, 0.1) is 17.0 Å². The summed E-state index contributed by atoms with van der Waals surface area (Å²) >= 11 is 6.25. The Morgan fingerprint density at radius 3 is 2.11 bits per heavy atom. The molecular formula is C24H22ClNO2. The fraction of sp³-hybridized carbons (Fsp3) is 0.125. The van der Waals surface area contributed by atoms with E-state index in [1.165, 1.54) is 11.1 Å². The molecule has 0 unspecified atom stereocenters. The van der Waals surface area contributed by atoms with Crippen molar-refractivity contribution in [3.8, 4) is 11.5 Å². The van der Waals surface area contributed by atoms with Crippen LogP contribution in [0, 0.1) is 13.8 Å². The molecule has 0 aromatic heterocycles. The van der Waals surface area contributed by atoms with Gasteiger partial charge in [-0.1, -0.05) is 59.1 Å². The summed E-state index contributed by atoms with van der Waals surface area (Å²) in [5.41, 5.74) is 3.87. The first-order valence-corrected chi connectivity index (χ1v) is 9.37. The molecule has 0 fully saturated rings. The molecular weight excluding hydrogens is 370 g/mol. The predicted molar refractivity (Wildman–Crippen MR) is 116 cm³/mol. The number of para-hydroxylation sites is 1. The SMILES string of the molecule is CC(=C\Oc1ccc(C)cc1)/C(=N/c1ccc(C)cc1)Oc1ccccc1Cl. The molecule has 0 saturated heterocycles. The molecule has 0 aliphatic rings. The summed E-state index contributed by atoms with van der Waals surface area (Å²) in [6.45, 7) is 5.96. The summed E-state index contributed by atoms with van der Waals surface area (Å²) in [6, 6.07) is 23.1. The van der Waals surface area contributed by atoms with Gasteiger partial charge in [0.2, 0.25) is 5.90 Å². The fourth-order valence-corrected chi connectivity index (χ4v) is 2.56. The van der Waals surface area contributed by atoms with Crippen LogP contribution < -0.4 is 9.47 Å². The first-order valence-electron chi connectivity index (χ1n) is 8.99. The van der Waals surface area contributed by atoms with Crippen molar-refractivity contribution < 1.29 is 9.47 Å². The largest absolute Gasteiger partial charge is 0.465 e. The van der Waals surface area contributed by atoms with Crippen molar-refractivity contribution >= 4 is 23.2 Å². The highest BCUT2D eigenvalue weighted by Crippen LogP contribution is 2.25. The molecule has 3 nitrogen and oxygen atoms in total. The smallest absolute Gasteiger partial charge is 0.225 e. The van der Waals surface area contributed by atoms with Crippen LogP contribution in [0.15, 0.2) is 89.6 Å². The molecule has 3 rings (SSSR count). The van der Waals surface area contributed by atoms with Crippen molar-refractivity contribution in [2.45, 2.75) is 20.8 Å². The molecule has 28 heavy (non-hydrogen) atoms. The lowest BCUT2D eigenvalue weighted by atomic mass is 10.2. The third kappa shape index (κ3) is 5.48. The third-order valence-corrected chi connectivity index (χ3v) is 4.35. The minimum Gasteiger partial charge on any atom is -0.465 e.